The molecule has 0 amide bonds. The molecule has 2 N–H and O–H groups in total. The number of aromatic nitrogens is 2. The third kappa shape index (κ3) is 2.75. The largest absolute Gasteiger partial charge is 0.390 e. The zero-order valence-corrected chi connectivity index (χ0v) is 9.39. The van der Waals surface area contributed by atoms with Crippen molar-refractivity contribution in [1.82, 2.24) is 15.3 Å². The predicted octanol–water partition coefficient (Wildman–Crippen LogP) is -1.28. The normalized spacial score (nSPS) is 28.1. The van der Waals surface area contributed by atoms with Crippen LogP contribution in [-0.2, 0) is 16.4 Å². The molecule has 16 heavy (non-hydrogen) atoms. The van der Waals surface area contributed by atoms with Crippen molar-refractivity contribution in [3.63, 3.8) is 0 Å². The Morgan fingerprint density at radius 1 is 1.50 bits per heavy atom. The average molecular weight is 243 g/mol. The molecule has 2 unspecified atom stereocenters. The Bertz CT molecular complexity index is 448. The molecular weight excluding hydrogens is 230 g/mol. The highest BCUT2D eigenvalue weighted by atomic mass is 32.2. The third-order valence-corrected chi connectivity index (χ3v) is 4.23. The second kappa shape index (κ2) is 4.44. The van der Waals surface area contributed by atoms with E-state index >= 15 is 0 Å². The summed E-state index contributed by atoms with van der Waals surface area (Å²) in [5, 5.41) is 12.5. The summed E-state index contributed by atoms with van der Waals surface area (Å²) in [6, 6.07) is 1.34. The lowest BCUT2D eigenvalue weighted by Crippen LogP contribution is -2.38. The molecule has 1 aliphatic heterocycles. The molecule has 1 aliphatic rings. The fourth-order valence-electron chi connectivity index (χ4n) is 1.68. The maximum atomic E-state index is 11.2. The summed E-state index contributed by atoms with van der Waals surface area (Å²) in [6.07, 6.45) is 2.22. The summed E-state index contributed by atoms with van der Waals surface area (Å²) < 4.78 is 22.5. The zero-order chi connectivity index (χ0) is 11.6. The molecule has 0 aliphatic carbocycles. The summed E-state index contributed by atoms with van der Waals surface area (Å²) in [5.74, 6) is -0.173. The van der Waals surface area contributed by atoms with Crippen molar-refractivity contribution >= 4 is 9.84 Å². The maximum Gasteiger partial charge on any atom is 0.154 e. The van der Waals surface area contributed by atoms with E-state index in [0.717, 1.165) is 5.69 Å². The number of sulfone groups is 1. The Morgan fingerprint density at radius 3 is 2.88 bits per heavy atom. The van der Waals surface area contributed by atoms with Crippen LogP contribution in [0.4, 0.5) is 0 Å². The highest BCUT2D eigenvalue weighted by molar-refractivity contribution is 7.91. The van der Waals surface area contributed by atoms with Gasteiger partial charge in [-0.3, -0.25) is 0 Å². The van der Waals surface area contributed by atoms with Crippen LogP contribution < -0.4 is 5.32 Å². The van der Waals surface area contributed by atoms with Gasteiger partial charge in [-0.2, -0.15) is 0 Å². The van der Waals surface area contributed by atoms with Gasteiger partial charge in [0.25, 0.3) is 0 Å². The summed E-state index contributed by atoms with van der Waals surface area (Å²) in [5.41, 5.74) is 0.770. The SMILES string of the molecule is O=S1(=O)CC(O)C(NCc2ccncn2)C1. The third-order valence-electron chi connectivity index (χ3n) is 2.51. The zero-order valence-electron chi connectivity index (χ0n) is 8.57. The van der Waals surface area contributed by atoms with Gasteiger partial charge in [0.15, 0.2) is 9.84 Å². The average Bonchev–Trinajstić information content (AvgIpc) is 2.50. The minimum atomic E-state index is -3.09. The molecule has 6 nitrogen and oxygen atoms in total. The van der Waals surface area contributed by atoms with Crippen molar-refractivity contribution in [2.45, 2.75) is 18.7 Å². The van der Waals surface area contributed by atoms with E-state index < -0.39 is 22.0 Å². The molecule has 2 atom stereocenters. The van der Waals surface area contributed by atoms with Gasteiger partial charge in [-0.05, 0) is 6.07 Å². The molecule has 7 heteroatoms. The number of aliphatic hydroxyl groups is 1. The van der Waals surface area contributed by atoms with Crippen molar-refractivity contribution in [3.8, 4) is 0 Å². The van der Waals surface area contributed by atoms with Crippen LogP contribution in [0.1, 0.15) is 5.69 Å². The van der Waals surface area contributed by atoms with E-state index in [9.17, 15) is 13.5 Å². The first-order valence-electron chi connectivity index (χ1n) is 4.93. The van der Waals surface area contributed by atoms with Gasteiger partial charge in [-0.1, -0.05) is 0 Å². The van der Waals surface area contributed by atoms with E-state index in [1.807, 2.05) is 0 Å². The molecule has 0 spiro atoms. The van der Waals surface area contributed by atoms with Crippen LogP contribution in [0.3, 0.4) is 0 Å². The fourth-order valence-corrected chi connectivity index (χ4v) is 3.46. The Morgan fingerprint density at radius 2 is 2.31 bits per heavy atom. The van der Waals surface area contributed by atoms with Crippen LogP contribution in [-0.4, -0.2) is 47.1 Å². The quantitative estimate of drug-likeness (QED) is 0.687. The monoisotopic (exact) mass is 243 g/mol. The topological polar surface area (TPSA) is 92.2 Å². The Hall–Kier alpha value is -1.05. The van der Waals surface area contributed by atoms with Crippen LogP contribution >= 0.6 is 0 Å². The summed E-state index contributed by atoms with van der Waals surface area (Å²) in [6.45, 7) is 0.430. The van der Waals surface area contributed by atoms with Gasteiger partial charge in [-0.25, -0.2) is 18.4 Å². The molecular formula is C9H13N3O3S. The van der Waals surface area contributed by atoms with E-state index in [1.54, 1.807) is 12.3 Å². The maximum absolute atomic E-state index is 11.2. The van der Waals surface area contributed by atoms with E-state index in [-0.39, 0.29) is 11.5 Å². The first-order valence-corrected chi connectivity index (χ1v) is 6.76. The van der Waals surface area contributed by atoms with E-state index in [1.165, 1.54) is 6.33 Å². The molecule has 1 aromatic rings. The lowest BCUT2D eigenvalue weighted by Gasteiger charge is -2.13. The minimum absolute atomic E-state index is 0.0146. The highest BCUT2D eigenvalue weighted by Crippen LogP contribution is 2.12. The number of nitrogens with zero attached hydrogens (tertiary/aromatic N) is 2. The summed E-state index contributed by atoms with van der Waals surface area (Å²) in [4.78, 5) is 7.78. The molecule has 0 aromatic carbocycles. The Kier molecular flexibility index (Phi) is 3.17. The van der Waals surface area contributed by atoms with Crippen molar-refractivity contribution in [2.75, 3.05) is 11.5 Å². The number of rotatable bonds is 3. The molecule has 88 valence electrons. The van der Waals surface area contributed by atoms with Gasteiger partial charge in [0.1, 0.15) is 6.33 Å². The standard InChI is InChI=1S/C9H13N3O3S/c13-9-5-16(14,15)4-8(9)11-3-7-1-2-10-6-12-7/h1-2,6,8-9,11,13H,3-5H2. The number of hydrogen-bond acceptors (Lipinski definition) is 6. The lowest BCUT2D eigenvalue weighted by molar-refractivity contribution is 0.165. The van der Waals surface area contributed by atoms with Crippen molar-refractivity contribution in [2.24, 2.45) is 0 Å². The Balaban J connectivity index is 1.92. The minimum Gasteiger partial charge on any atom is -0.390 e. The second-order valence-corrected chi connectivity index (χ2v) is 5.99. The van der Waals surface area contributed by atoms with Crippen molar-refractivity contribution < 1.29 is 13.5 Å². The first-order chi connectivity index (χ1) is 7.57. The van der Waals surface area contributed by atoms with Crippen LogP contribution in [0.15, 0.2) is 18.6 Å². The first kappa shape index (κ1) is 11.4. The van der Waals surface area contributed by atoms with Gasteiger partial charge in [0, 0.05) is 18.8 Å². The van der Waals surface area contributed by atoms with E-state index in [0.29, 0.717) is 6.54 Å². The lowest BCUT2D eigenvalue weighted by atomic mass is 10.2. The molecule has 2 heterocycles. The fraction of sp³-hybridized carbons (Fsp3) is 0.556. The summed E-state index contributed by atoms with van der Waals surface area (Å²) >= 11 is 0. The number of nitrogens with one attached hydrogen (secondary N) is 1. The van der Waals surface area contributed by atoms with Gasteiger partial charge in [0.2, 0.25) is 0 Å². The molecule has 1 fully saturated rings. The predicted molar refractivity (Wildman–Crippen MR) is 57.3 cm³/mol. The molecule has 0 bridgehead atoms. The second-order valence-electron chi connectivity index (χ2n) is 3.83. The Labute approximate surface area is 93.7 Å². The van der Waals surface area contributed by atoms with Crippen molar-refractivity contribution in [1.29, 1.82) is 0 Å². The van der Waals surface area contributed by atoms with E-state index in [4.69, 9.17) is 0 Å². The molecule has 1 saturated heterocycles. The van der Waals surface area contributed by atoms with Crippen LogP contribution in [0.25, 0.3) is 0 Å². The van der Waals surface area contributed by atoms with Crippen LogP contribution in [0.2, 0.25) is 0 Å². The van der Waals surface area contributed by atoms with Gasteiger partial charge in [-0.15, -0.1) is 0 Å². The van der Waals surface area contributed by atoms with Gasteiger partial charge >= 0.3 is 0 Å². The molecule has 0 radical (unpaired) electrons. The van der Waals surface area contributed by atoms with E-state index in [2.05, 4.69) is 15.3 Å². The van der Waals surface area contributed by atoms with Gasteiger partial charge < -0.3 is 10.4 Å². The number of hydrogen-bond donors (Lipinski definition) is 2. The number of aliphatic hydroxyl groups excluding tert-OH is 1. The summed E-state index contributed by atoms with van der Waals surface area (Å²) in [7, 11) is -3.09. The smallest absolute Gasteiger partial charge is 0.154 e. The van der Waals surface area contributed by atoms with Crippen LogP contribution in [0.5, 0.6) is 0 Å². The molecule has 2 rings (SSSR count). The van der Waals surface area contributed by atoms with Gasteiger partial charge in [0.05, 0.1) is 23.3 Å². The molecule has 0 saturated carbocycles. The molecule has 1 aromatic heterocycles. The highest BCUT2D eigenvalue weighted by Gasteiger charge is 2.35. The van der Waals surface area contributed by atoms with Crippen LogP contribution in [0, 0.1) is 0 Å². The van der Waals surface area contributed by atoms with Crippen molar-refractivity contribution in [3.05, 3.63) is 24.3 Å².